The Morgan fingerprint density at radius 3 is 2.78 bits per heavy atom. The summed E-state index contributed by atoms with van der Waals surface area (Å²) in [5, 5.41) is 21.8. The van der Waals surface area contributed by atoms with Crippen molar-refractivity contribution in [1.29, 1.82) is 0 Å². The molecule has 8 heteroatoms. The summed E-state index contributed by atoms with van der Waals surface area (Å²) in [6, 6.07) is 8.77. The number of methoxy groups -OCH3 is 1. The van der Waals surface area contributed by atoms with E-state index in [4.69, 9.17) is 4.74 Å². The van der Waals surface area contributed by atoms with E-state index < -0.39 is 23.6 Å². The first-order valence-electron chi connectivity index (χ1n) is 12.0. The molecule has 1 aromatic heterocycles. The first-order chi connectivity index (χ1) is 17.4. The molecule has 1 fully saturated rings. The lowest BCUT2D eigenvalue weighted by atomic mass is 9.81. The Hall–Kier alpha value is -3.12. The van der Waals surface area contributed by atoms with Gasteiger partial charge in [0.2, 0.25) is 0 Å². The van der Waals surface area contributed by atoms with Crippen molar-refractivity contribution in [3.63, 3.8) is 0 Å². The molecule has 2 aromatic carbocycles. The Morgan fingerprint density at radius 2 is 2.00 bits per heavy atom. The minimum atomic E-state index is -1.26. The number of rotatable bonds is 7. The standard InChI is InChI=1S/C28H29F3N2O3/c1-36-22-5-6-26-24(15-22)23(8-10-32-26)27(35)7-4-18-9-12-33(16-20(18)17-34)11-2-3-19-13-21(29)14-25(30)28(19)31/h5-6,8,10,13-15,18,20,27,34-35H,4,7,9,11-12,16-17H2,1H3/t18-,20-,27?/m1/s1. The Bertz CT molecular complexity index is 1270. The lowest BCUT2D eigenvalue weighted by Gasteiger charge is -2.37. The molecule has 1 aliphatic heterocycles. The second kappa shape index (κ2) is 11.7. The largest absolute Gasteiger partial charge is 0.497 e. The Kier molecular flexibility index (Phi) is 8.47. The van der Waals surface area contributed by atoms with E-state index >= 15 is 0 Å². The number of aromatic nitrogens is 1. The summed E-state index contributed by atoms with van der Waals surface area (Å²) in [5.74, 6) is 2.94. The van der Waals surface area contributed by atoms with Crippen LogP contribution in [0.15, 0.2) is 42.6 Å². The number of fused-ring (bicyclic) bond motifs is 1. The highest BCUT2D eigenvalue weighted by Gasteiger charge is 2.29. The van der Waals surface area contributed by atoms with Crippen LogP contribution in [-0.2, 0) is 0 Å². The van der Waals surface area contributed by atoms with Crippen molar-refractivity contribution in [3.8, 4) is 17.6 Å². The second-order valence-corrected chi connectivity index (χ2v) is 9.15. The summed E-state index contributed by atoms with van der Waals surface area (Å²) in [4.78, 5) is 6.40. The molecule has 0 spiro atoms. The Morgan fingerprint density at radius 1 is 1.17 bits per heavy atom. The summed E-state index contributed by atoms with van der Waals surface area (Å²) in [6.45, 7) is 1.63. The van der Waals surface area contributed by atoms with Crippen molar-refractivity contribution >= 4 is 10.9 Å². The maximum atomic E-state index is 13.8. The van der Waals surface area contributed by atoms with Crippen molar-refractivity contribution in [2.75, 3.05) is 33.4 Å². The first-order valence-corrected chi connectivity index (χ1v) is 12.0. The number of pyridine rings is 1. The van der Waals surface area contributed by atoms with Gasteiger partial charge in [-0.15, -0.1) is 0 Å². The lowest BCUT2D eigenvalue weighted by Crippen LogP contribution is -2.42. The molecule has 0 saturated carbocycles. The lowest BCUT2D eigenvalue weighted by molar-refractivity contribution is 0.0640. The van der Waals surface area contributed by atoms with Crippen molar-refractivity contribution in [2.45, 2.75) is 25.4 Å². The molecule has 2 N–H and O–H groups in total. The number of halogens is 3. The molecule has 190 valence electrons. The molecule has 3 aromatic rings. The smallest absolute Gasteiger partial charge is 0.174 e. The average molecular weight is 499 g/mol. The van der Waals surface area contributed by atoms with Gasteiger partial charge in [0, 0.05) is 30.8 Å². The molecule has 2 heterocycles. The van der Waals surface area contributed by atoms with Crippen molar-refractivity contribution in [1.82, 2.24) is 9.88 Å². The molecule has 1 unspecified atom stereocenters. The minimum absolute atomic E-state index is 0.00378. The zero-order chi connectivity index (χ0) is 25.7. The second-order valence-electron chi connectivity index (χ2n) is 9.15. The fourth-order valence-electron chi connectivity index (χ4n) is 4.87. The summed E-state index contributed by atoms with van der Waals surface area (Å²) in [6.07, 6.45) is 3.11. The van der Waals surface area contributed by atoms with Gasteiger partial charge in [-0.05, 0) is 73.5 Å². The van der Waals surface area contributed by atoms with Gasteiger partial charge < -0.3 is 14.9 Å². The van der Waals surface area contributed by atoms with Crippen LogP contribution >= 0.6 is 0 Å². The Labute approximate surface area is 208 Å². The van der Waals surface area contributed by atoms with Crippen molar-refractivity contribution < 1.29 is 28.1 Å². The zero-order valence-corrected chi connectivity index (χ0v) is 20.1. The van der Waals surface area contributed by atoms with Crippen LogP contribution in [0.25, 0.3) is 10.9 Å². The van der Waals surface area contributed by atoms with Crippen molar-refractivity contribution in [3.05, 3.63) is 71.2 Å². The number of aliphatic hydroxyl groups is 2. The van der Waals surface area contributed by atoms with E-state index in [9.17, 15) is 23.4 Å². The van der Waals surface area contributed by atoms with Crippen LogP contribution in [0.3, 0.4) is 0 Å². The molecule has 0 bridgehead atoms. The van der Waals surface area contributed by atoms with E-state index in [1.54, 1.807) is 13.3 Å². The zero-order valence-electron chi connectivity index (χ0n) is 20.1. The monoisotopic (exact) mass is 498 g/mol. The number of aliphatic hydroxyl groups excluding tert-OH is 2. The van der Waals surface area contributed by atoms with Crippen LogP contribution in [0.1, 0.15) is 36.5 Å². The number of ether oxygens (including phenoxy) is 1. The number of hydrogen-bond acceptors (Lipinski definition) is 5. The van der Waals surface area contributed by atoms with Gasteiger partial charge in [0.1, 0.15) is 11.6 Å². The average Bonchev–Trinajstić information content (AvgIpc) is 2.89. The summed E-state index contributed by atoms with van der Waals surface area (Å²) in [7, 11) is 1.60. The number of hydrogen-bond donors (Lipinski definition) is 2. The highest BCUT2D eigenvalue weighted by atomic mass is 19.2. The van der Waals surface area contributed by atoms with Crippen LogP contribution in [0, 0.1) is 41.1 Å². The number of likely N-dealkylation sites (tertiary alicyclic amines) is 1. The SMILES string of the molecule is COc1ccc2nccc(C(O)CC[C@@H]3CCN(CC#Cc4cc(F)cc(F)c4F)C[C@@H]3CO)c2c1. The van der Waals surface area contributed by atoms with Gasteiger partial charge in [-0.1, -0.05) is 11.8 Å². The van der Waals surface area contributed by atoms with E-state index in [1.807, 2.05) is 29.2 Å². The third kappa shape index (κ3) is 5.98. The topological polar surface area (TPSA) is 65.8 Å². The minimum Gasteiger partial charge on any atom is -0.497 e. The molecule has 0 aliphatic carbocycles. The third-order valence-electron chi connectivity index (χ3n) is 6.88. The van der Waals surface area contributed by atoms with Gasteiger partial charge in [0.05, 0.1) is 30.8 Å². The van der Waals surface area contributed by atoms with Gasteiger partial charge in [0.25, 0.3) is 0 Å². The third-order valence-corrected chi connectivity index (χ3v) is 6.88. The maximum absolute atomic E-state index is 13.8. The number of nitrogens with zero attached hydrogens (tertiary/aromatic N) is 2. The van der Waals surface area contributed by atoms with E-state index in [2.05, 4.69) is 16.8 Å². The molecule has 36 heavy (non-hydrogen) atoms. The van der Waals surface area contributed by atoms with Gasteiger partial charge in [-0.3, -0.25) is 9.88 Å². The maximum Gasteiger partial charge on any atom is 0.174 e. The normalized spacial score (nSPS) is 19.1. The van der Waals surface area contributed by atoms with E-state index in [0.717, 1.165) is 41.9 Å². The van der Waals surface area contributed by atoms with Gasteiger partial charge >= 0.3 is 0 Å². The van der Waals surface area contributed by atoms with E-state index in [-0.39, 0.29) is 24.0 Å². The molecular formula is C28H29F3N2O3. The molecule has 0 radical (unpaired) electrons. The quantitative estimate of drug-likeness (QED) is 0.372. The summed E-state index contributed by atoms with van der Waals surface area (Å²) >= 11 is 0. The van der Waals surface area contributed by atoms with Gasteiger partial charge in [-0.2, -0.15) is 0 Å². The molecule has 1 aliphatic rings. The van der Waals surface area contributed by atoms with Crippen LogP contribution in [0.4, 0.5) is 13.2 Å². The van der Waals surface area contributed by atoms with Crippen LogP contribution in [-0.4, -0.2) is 53.4 Å². The van der Waals surface area contributed by atoms with Gasteiger partial charge in [0.15, 0.2) is 11.6 Å². The molecule has 0 amide bonds. The van der Waals surface area contributed by atoms with Crippen LogP contribution in [0.2, 0.25) is 0 Å². The van der Waals surface area contributed by atoms with Crippen molar-refractivity contribution in [2.24, 2.45) is 11.8 Å². The molecule has 3 atom stereocenters. The van der Waals surface area contributed by atoms with Gasteiger partial charge in [-0.25, -0.2) is 13.2 Å². The number of piperidine rings is 1. The number of benzene rings is 2. The predicted octanol–water partition coefficient (Wildman–Crippen LogP) is 4.46. The van der Waals surface area contributed by atoms with Crippen LogP contribution in [0.5, 0.6) is 5.75 Å². The van der Waals surface area contributed by atoms with E-state index in [1.165, 1.54) is 0 Å². The van der Waals surface area contributed by atoms with Crippen LogP contribution < -0.4 is 4.74 Å². The molecule has 1 saturated heterocycles. The van der Waals surface area contributed by atoms with E-state index in [0.29, 0.717) is 31.3 Å². The first kappa shape index (κ1) is 26.0. The molecule has 4 rings (SSSR count). The fourth-order valence-corrected chi connectivity index (χ4v) is 4.87. The summed E-state index contributed by atoms with van der Waals surface area (Å²) < 4.78 is 45.8. The fraction of sp³-hybridized carbons (Fsp3) is 0.393. The predicted molar refractivity (Wildman–Crippen MR) is 131 cm³/mol. The highest BCUT2D eigenvalue weighted by molar-refractivity contribution is 5.83. The molecule has 5 nitrogen and oxygen atoms in total. The molecular weight excluding hydrogens is 469 g/mol. The Balaban J connectivity index is 1.35. The highest BCUT2D eigenvalue weighted by Crippen LogP contribution is 2.33. The summed E-state index contributed by atoms with van der Waals surface area (Å²) in [5.41, 5.74) is 1.28.